The quantitative estimate of drug-likeness (QED) is 0.627. The number of nitrogens with zero attached hydrogens (tertiary/aromatic N) is 1. The average molecular weight is 421 g/mol. The summed E-state index contributed by atoms with van der Waals surface area (Å²) in [6.45, 7) is 2.94. The van der Waals surface area contributed by atoms with Crippen LogP contribution in [0.15, 0.2) is 24.3 Å². The zero-order valence-corrected chi connectivity index (χ0v) is 17.8. The molecule has 1 aliphatic carbocycles. The molecule has 6 nitrogen and oxygen atoms in total. The monoisotopic (exact) mass is 420 g/mol. The van der Waals surface area contributed by atoms with Crippen LogP contribution in [0, 0.1) is 0 Å². The molecule has 1 saturated carbocycles. The van der Waals surface area contributed by atoms with Crippen molar-refractivity contribution in [2.24, 2.45) is 5.73 Å². The molecular formula is C22H33ClN4O2. The molecular weight excluding hydrogens is 388 g/mol. The maximum absolute atomic E-state index is 12.8. The van der Waals surface area contributed by atoms with Crippen LogP contribution in [-0.2, 0) is 4.79 Å². The van der Waals surface area contributed by atoms with Gasteiger partial charge in [0.15, 0.2) is 0 Å². The number of carbonyl (C=O) groups excluding carboxylic acids is 2. The number of amides is 3. The summed E-state index contributed by atoms with van der Waals surface area (Å²) in [4.78, 5) is 26.9. The molecule has 7 heteroatoms. The van der Waals surface area contributed by atoms with Crippen LogP contribution in [0.1, 0.15) is 69.4 Å². The van der Waals surface area contributed by atoms with Gasteiger partial charge in [-0.1, -0.05) is 49.4 Å². The minimum atomic E-state index is -0.644. The van der Waals surface area contributed by atoms with Crippen LogP contribution < -0.4 is 16.4 Å². The minimum absolute atomic E-state index is 0.0688. The third kappa shape index (κ3) is 6.09. The van der Waals surface area contributed by atoms with Gasteiger partial charge in [0.25, 0.3) is 0 Å². The topological polar surface area (TPSA) is 87.5 Å². The fourth-order valence-corrected chi connectivity index (χ4v) is 4.95. The van der Waals surface area contributed by atoms with Crippen LogP contribution in [0.2, 0.25) is 5.02 Å². The first-order valence-corrected chi connectivity index (χ1v) is 11.2. The van der Waals surface area contributed by atoms with Crippen molar-refractivity contribution in [3.8, 4) is 0 Å². The molecule has 0 unspecified atom stereocenters. The smallest absolute Gasteiger partial charge is 0.312 e. The second-order valence-corrected chi connectivity index (χ2v) is 8.86. The molecule has 3 amide bonds. The second kappa shape index (κ2) is 10.3. The van der Waals surface area contributed by atoms with Gasteiger partial charge in [-0.15, -0.1) is 0 Å². The van der Waals surface area contributed by atoms with Crippen molar-refractivity contribution >= 4 is 23.5 Å². The van der Waals surface area contributed by atoms with Crippen LogP contribution in [0.4, 0.5) is 4.79 Å². The van der Waals surface area contributed by atoms with E-state index in [1.54, 1.807) is 12.1 Å². The second-order valence-electron chi connectivity index (χ2n) is 8.43. The van der Waals surface area contributed by atoms with Crippen molar-refractivity contribution in [1.29, 1.82) is 0 Å². The maximum Gasteiger partial charge on any atom is 0.312 e. The average Bonchev–Trinajstić information content (AvgIpc) is 2.73. The molecule has 29 heavy (non-hydrogen) atoms. The van der Waals surface area contributed by atoms with E-state index in [0.717, 1.165) is 31.5 Å². The Bertz CT molecular complexity index is 683. The summed E-state index contributed by atoms with van der Waals surface area (Å²) < 4.78 is 0. The summed E-state index contributed by atoms with van der Waals surface area (Å²) in [7, 11) is 0. The number of likely N-dealkylation sites (tertiary alicyclic amines) is 1. The first-order chi connectivity index (χ1) is 14.0. The van der Waals surface area contributed by atoms with Crippen LogP contribution in [0.3, 0.4) is 0 Å². The lowest BCUT2D eigenvalue weighted by Gasteiger charge is -2.48. The van der Waals surface area contributed by atoms with E-state index in [1.165, 1.54) is 38.5 Å². The van der Waals surface area contributed by atoms with Crippen molar-refractivity contribution in [1.82, 2.24) is 15.5 Å². The Morgan fingerprint density at radius 1 is 1.03 bits per heavy atom. The summed E-state index contributed by atoms with van der Waals surface area (Å²) in [5.74, 6) is -0.0688. The molecule has 1 heterocycles. The lowest BCUT2D eigenvalue weighted by Crippen LogP contribution is -2.58. The van der Waals surface area contributed by atoms with Gasteiger partial charge in [0.05, 0.1) is 12.5 Å². The van der Waals surface area contributed by atoms with E-state index in [4.69, 9.17) is 17.3 Å². The molecule has 2 fully saturated rings. The Hall–Kier alpha value is -1.79. The van der Waals surface area contributed by atoms with E-state index >= 15 is 0 Å². The Labute approximate surface area is 178 Å². The van der Waals surface area contributed by atoms with Gasteiger partial charge in [0.1, 0.15) is 0 Å². The predicted molar refractivity (Wildman–Crippen MR) is 116 cm³/mol. The summed E-state index contributed by atoms with van der Waals surface area (Å²) in [5.41, 5.74) is 6.23. The normalized spacial score (nSPS) is 20.6. The zero-order chi connectivity index (χ0) is 20.7. The molecule has 1 atom stereocenters. The Kier molecular flexibility index (Phi) is 7.78. The standard InChI is InChI=1S/C22H33ClN4O2/c23-18-9-7-17(8-10-18)19(26-21(24)29)15-20(28)25-16-22(11-3-1-4-12-22)27-13-5-2-6-14-27/h7-10,19H,1-6,11-16H2,(H,25,28)(H3,24,26,29)/t19-/m0/s1. The molecule has 4 N–H and O–H groups in total. The summed E-state index contributed by atoms with van der Waals surface area (Å²) in [5, 5.41) is 6.47. The number of hydrogen-bond donors (Lipinski definition) is 3. The molecule has 1 saturated heterocycles. The molecule has 0 spiro atoms. The summed E-state index contributed by atoms with van der Waals surface area (Å²) in [6.07, 6.45) is 9.98. The predicted octanol–water partition coefficient (Wildman–Crippen LogP) is 3.74. The van der Waals surface area contributed by atoms with Crippen molar-refractivity contribution in [3.63, 3.8) is 0 Å². The van der Waals surface area contributed by atoms with Gasteiger partial charge in [0, 0.05) is 17.1 Å². The molecule has 160 valence electrons. The SMILES string of the molecule is NC(=O)N[C@@H](CC(=O)NCC1(N2CCCCC2)CCCCC1)c1ccc(Cl)cc1. The largest absolute Gasteiger partial charge is 0.354 e. The highest BCUT2D eigenvalue weighted by molar-refractivity contribution is 6.30. The van der Waals surface area contributed by atoms with Gasteiger partial charge >= 0.3 is 6.03 Å². The van der Waals surface area contributed by atoms with Gasteiger partial charge in [0.2, 0.25) is 5.91 Å². The number of halogens is 1. The van der Waals surface area contributed by atoms with E-state index in [0.29, 0.717) is 11.6 Å². The lowest BCUT2D eigenvalue weighted by atomic mass is 9.79. The minimum Gasteiger partial charge on any atom is -0.354 e. The fraction of sp³-hybridized carbons (Fsp3) is 0.636. The number of piperidine rings is 1. The van der Waals surface area contributed by atoms with Crippen LogP contribution in [-0.4, -0.2) is 42.0 Å². The molecule has 3 rings (SSSR count). The van der Waals surface area contributed by atoms with Crippen molar-refractivity contribution in [2.45, 2.75) is 69.4 Å². The van der Waals surface area contributed by atoms with Crippen LogP contribution >= 0.6 is 11.6 Å². The summed E-state index contributed by atoms with van der Waals surface area (Å²) in [6, 6.07) is 6.01. The number of benzene rings is 1. The third-order valence-corrected chi connectivity index (χ3v) is 6.66. The highest BCUT2D eigenvalue weighted by Gasteiger charge is 2.38. The number of primary amides is 1. The van der Waals surface area contributed by atoms with E-state index in [2.05, 4.69) is 15.5 Å². The molecule has 0 radical (unpaired) electrons. The Morgan fingerprint density at radius 2 is 1.66 bits per heavy atom. The highest BCUT2D eigenvalue weighted by atomic mass is 35.5. The number of hydrogen-bond acceptors (Lipinski definition) is 3. The maximum atomic E-state index is 12.8. The number of nitrogens with one attached hydrogen (secondary N) is 2. The molecule has 0 bridgehead atoms. The molecule has 1 aromatic carbocycles. The highest BCUT2D eigenvalue weighted by Crippen LogP contribution is 2.35. The van der Waals surface area contributed by atoms with Crippen molar-refractivity contribution in [2.75, 3.05) is 19.6 Å². The summed E-state index contributed by atoms with van der Waals surface area (Å²) >= 11 is 5.96. The van der Waals surface area contributed by atoms with Crippen LogP contribution in [0.5, 0.6) is 0 Å². The van der Waals surface area contributed by atoms with Gasteiger partial charge < -0.3 is 16.4 Å². The number of nitrogens with two attached hydrogens (primary N) is 1. The number of carbonyl (C=O) groups is 2. The van der Waals surface area contributed by atoms with E-state index in [-0.39, 0.29) is 17.9 Å². The van der Waals surface area contributed by atoms with Crippen LogP contribution in [0.25, 0.3) is 0 Å². The van der Waals surface area contributed by atoms with Gasteiger partial charge in [-0.2, -0.15) is 0 Å². The van der Waals surface area contributed by atoms with E-state index in [1.807, 2.05) is 12.1 Å². The van der Waals surface area contributed by atoms with Crippen molar-refractivity contribution < 1.29 is 9.59 Å². The van der Waals surface area contributed by atoms with E-state index in [9.17, 15) is 9.59 Å². The molecule has 2 aliphatic rings. The van der Waals surface area contributed by atoms with Gasteiger partial charge in [-0.25, -0.2) is 4.79 Å². The molecule has 1 aliphatic heterocycles. The number of rotatable bonds is 7. The molecule has 0 aromatic heterocycles. The Morgan fingerprint density at radius 3 is 2.28 bits per heavy atom. The van der Waals surface area contributed by atoms with Crippen molar-refractivity contribution in [3.05, 3.63) is 34.9 Å². The lowest BCUT2D eigenvalue weighted by molar-refractivity contribution is -0.122. The Balaban J connectivity index is 1.63. The first kappa shape index (κ1) is 21.9. The van der Waals surface area contributed by atoms with Gasteiger partial charge in [-0.3, -0.25) is 9.69 Å². The fourth-order valence-electron chi connectivity index (χ4n) is 4.82. The third-order valence-electron chi connectivity index (χ3n) is 6.40. The zero-order valence-electron chi connectivity index (χ0n) is 17.1. The molecule has 1 aromatic rings. The van der Waals surface area contributed by atoms with E-state index < -0.39 is 12.1 Å². The van der Waals surface area contributed by atoms with Gasteiger partial charge in [-0.05, 0) is 56.5 Å². The first-order valence-electron chi connectivity index (χ1n) is 10.8. The number of urea groups is 1.